The van der Waals surface area contributed by atoms with Crippen LogP contribution >= 0.6 is 0 Å². The standard InChI is InChI=1S/2C4H10.C2H6S2.Sn/c2*1-3-4-2;3-1-2-4;/h2*3-4H2,1-2H3;3-4H,1-2H2;/q;;;+2/p-2. The van der Waals surface area contributed by atoms with Crippen LogP contribution in [0.3, 0.4) is 0 Å². The Morgan fingerprint density at radius 3 is 0.769 bits per heavy atom. The second-order valence-corrected chi connectivity index (χ2v) is 3.22. The molecule has 80 valence electrons. The Hall–Kier alpha value is 1.50. The van der Waals surface area contributed by atoms with Crippen molar-refractivity contribution < 1.29 is 0 Å². The van der Waals surface area contributed by atoms with Gasteiger partial charge in [-0.25, -0.2) is 0 Å². The molecule has 0 rings (SSSR count). The van der Waals surface area contributed by atoms with Gasteiger partial charge < -0.3 is 25.3 Å². The summed E-state index contributed by atoms with van der Waals surface area (Å²) in [4.78, 5) is 0. The van der Waals surface area contributed by atoms with Crippen molar-refractivity contribution >= 4 is 49.2 Å². The van der Waals surface area contributed by atoms with Gasteiger partial charge in [0.05, 0.1) is 0 Å². The largest absolute Gasteiger partial charge is 2.00 e. The van der Waals surface area contributed by atoms with E-state index in [1.54, 1.807) is 0 Å². The van der Waals surface area contributed by atoms with Crippen molar-refractivity contribution in [3.05, 3.63) is 0 Å². The van der Waals surface area contributed by atoms with Gasteiger partial charge in [-0.3, -0.25) is 0 Å². The minimum Gasteiger partial charge on any atom is -0.794 e. The summed E-state index contributed by atoms with van der Waals surface area (Å²) in [5.74, 6) is 1.44. The fourth-order valence-electron chi connectivity index (χ4n) is 0. The van der Waals surface area contributed by atoms with Crippen LogP contribution in [0.15, 0.2) is 0 Å². The molecular formula is C10H24S2Sn. The van der Waals surface area contributed by atoms with Crippen molar-refractivity contribution in [2.24, 2.45) is 0 Å². The van der Waals surface area contributed by atoms with E-state index in [9.17, 15) is 0 Å². The molecule has 0 N–H and O–H groups in total. The zero-order valence-corrected chi connectivity index (χ0v) is 14.0. The fraction of sp³-hybridized carbons (Fsp3) is 1.00. The van der Waals surface area contributed by atoms with Gasteiger partial charge in [0.25, 0.3) is 0 Å². The van der Waals surface area contributed by atoms with E-state index >= 15 is 0 Å². The Balaban J connectivity index is -0.0000000450. The third-order valence-corrected chi connectivity index (χ3v) is 1.75. The molecule has 0 aromatic carbocycles. The molecule has 2 radical (unpaired) electrons. The minimum atomic E-state index is 0. The quantitative estimate of drug-likeness (QED) is 0.576. The van der Waals surface area contributed by atoms with Gasteiger partial charge in [-0.15, -0.1) is 0 Å². The molecule has 0 amide bonds. The number of hydrogen-bond acceptors (Lipinski definition) is 2. The average molecular weight is 327 g/mol. The van der Waals surface area contributed by atoms with Crippen LogP contribution in [-0.4, -0.2) is 35.4 Å². The van der Waals surface area contributed by atoms with Crippen LogP contribution in [0.2, 0.25) is 0 Å². The molecular weight excluding hydrogens is 303 g/mol. The molecule has 0 fully saturated rings. The molecule has 0 aromatic rings. The maximum absolute atomic E-state index is 4.45. The summed E-state index contributed by atoms with van der Waals surface area (Å²) in [7, 11) is 0. The molecule has 3 heteroatoms. The van der Waals surface area contributed by atoms with Crippen LogP contribution in [0.1, 0.15) is 53.4 Å². The zero-order chi connectivity index (χ0) is 10.2. The van der Waals surface area contributed by atoms with E-state index in [1.807, 2.05) is 0 Å². The zero-order valence-electron chi connectivity index (χ0n) is 9.56. The van der Waals surface area contributed by atoms with Crippen molar-refractivity contribution in [3.8, 4) is 0 Å². The van der Waals surface area contributed by atoms with Gasteiger partial charge in [-0.1, -0.05) is 53.4 Å². The van der Waals surface area contributed by atoms with E-state index in [2.05, 4.69) is 53.0 Å². The average Bonchev–Trinajstić information content (AvgIpc) is 2.18. The van der Waals surface area contributed by atoms with Gasteiger partial charge in [0.1, 0.15) is 0 Å². The minimum absolute atomic E-state index is 0. The van der Waals surface area contributed by atoms with E-state index in [0.29, 0.717) is 0 Å². The third-order valence-electron chi connectivity index (χ3n) is 1.08. The summed E-state index contributed by atoms with van der Waals surface area (Å²) in [6.45, 7) is 8.72. The first-order chi connectivity index (χ1) is 5.74. The predicted molar refractivity (Wildman–Crippen MR) is 71.4 cm³/mol. The molecule has 0 unspecified atom stereocenters. The number of rotatable bonds is 3. The van der Waals surface area contributed by atoms with Gasteiger partial charge in [-0.05, 0) is 0 Å². The van der Waals surface area contributed by atoms with Crippen LogP contribution < -0.4 is 0 Å². The molecule has 0 aliphatic carbocycles. The molecule has 0 saturated carbocycles. The van der Waals surface area contributed by atoms with Gasteiger partial charge in [0, 0.05) is 0 Å². The van der Waals surface area contributed by atoms with Gasteiger partial charge in [-0.2, -0.15) is 11.5 Å². The Labute approximate surface area is 113 Å². The third kappa shape index (κ3) is 88.2. The van der Waals surface area contributed by atoms with E-state index in [-0.39, 0.29) is 23.9 Å². The number of hydrogen-bond donors (Lipinski definition) is 0. The van der Waals surface area contributed by atoms with Crippen molar-refractivity contribution in [1.29, 1.82) is 0 Å². The summed E-state index contributed by atoms with van der Waals surface area (Å²) in [5, 5.41) is 0. The first kappa shape index (κ1) is 24.0. The molecule has 0 spiro atoms. The molecule has 0 nitrogen and oxygen atoms in total. The van der Waals surface area contributed by atoms with Gasteiger partial charge in [0.2, 0.25) is 0 Å². The van der Waals surface area contributed by atoms with E-state index < -0.39 is 0 Å². The fourth-order valence-corrected chi connectivity index (χ4v) is 0. The maximum atomic E-state index is 4.45. The molecule has 0 heterocycles. The summed E-state index contributed by atoms with van der Waals surface area (Å²) in [5.41, 5.74) is 0. The van der Waals surface area contributed by atoms with Crippen molar-refractivity contribution in [2.45, 2.75) is 53.4 Å². The Bertz CT molecular complexity index is 28.4. The van der Waals surface area contributed by atoms with Crippen LogP contribution in [0, 0.1) is 0 Å². The van der Waals surface area contributed by atoms with E-state index in [0.717, 1.165) is 11.5 Å². The normalized spacial score (nSPS) is 6.92. The van der Waals surface area contributed by atoms with Crippen LogP contribution in [0.5, 0.6) is 0 Å². The van der Waals surface area contributed by atoms with Crippen LogP contribution in [0.25, 0.3) is 0 Å². The van der Waals surface area contributed by atoms with Gasteiger partial charge in [0.15, 0.2) is 0 Å². The first-order valence-electron chi connectivity index (χ1n) is 4.91. The molecule has 13 heavy (non-hydrogen) atoms. The smallest absolute Gasteiger partial charge is 0.794 e. The molecule has 0 bridgehead atoms. The van der Waals surface area contributed by atoms with Crippen LogP contribution in [-0.2, 0) is 25.3 Å². The molecule has 0 atom stereocenters. The predicted octanol–water partition coefficient (Wildman–Crippen LogP) is 3.31. The molecule has 0 aliphatic rings. The second kappa shape index (κ2) is 37.5. The Morgan fingerprint density at radius 1 is 0.615 bits per heavy atom. The first-order valence-corrected chi connectivity index (χ1v) is 6.06. The SMILES string of the molecule is CCCC.CCCC.[S-]CC[S-].[Sn+2]. The summed E-state index contributed by atoms with van der Waals surface area (Å²) in [6.07, 6.45) is 5.28. The summed E-state index contributed by atoms with van der Waals surface area (Å²) >= 11 is 8.90. The summed E-state index contributed by atoms with van der Waals surface area (Å²) in [6, 6.07) is 0. The maximum Gasteiger partial charge on any atom is 2.00 e. The molecule has 0 aliphatic heterocycles. The van der Waals surface area contributed by atoms with E-state index in [4.69, 9.17) is 0 Å². The topological polar surface area (TPSA) is 0 Å². The Kier molecular flexibility index (Phi) is 69.1. The van der Waals surface area contributed by atoms with E-state index in [1.165, 1.54) is 25.7 Å². The van der Waals surface area contributed by atoms with Crippen molar-refractivity contribution in [1.82, 2.24) is 0 Å². The second-order valence-electron chi connectivity index (χ2n) is 2.41. The molecule has 0 aromatic heterocycles. The van der Waals surface area contributed by atoms with Crippen molar-refractivity contribution in [3.63, 3.8) is 0 Å². The number of unbranched alkanes of at least 4 members (excludes halogenated alkanes) is 2. The van der Waals surface area contributed by atoms with Gasteiger partial charge >= 0.3 is 23.9 Å². The summed E-state index contributed by atoms with van der Waals surface area (Å²) < 4.78 is 0. The van der Waals surface area contributed by atoms with Crippen LogP contribution in [0.4, 0.5) is 0 Å². The van der Waals surface area contributed by atoms with Crippen molar-refractivity contribution in [2.75, 3.05) is 11.5 Å². The Morgan fingerprint density at radius 2 is 0.769 bits per heavy atom. The monoisotopic (exact) mass is 328 g/mol. The molecule has 0 saturated heterocycles.